The summed E-state index contributed by atoms with van der Waals surface area (Å²) in [4.78, 5) is 11.6. The summed E-state index contributed by atoms with van der Waals surface area (Å²) >= 11 is 0. The minimum absolute atomic E-state index is 0.385. The molecule has 0 radical (unpaired) electrons. The van der Waals surface area contributed by atoms with Crippen LogP contribution in [0.3, 0.4) is 0 Å². The van der Waals surface area contributed by atoms with Gasteiger partial charge in [0.1, 0.15) is 5.75 Å². The minimum atomic E-state index is -4.93. The molecule has 22 heavy (non-hydrogen) atoms. The molecule has 0 heterocycles. The van der Waals surface area contributed by atoms with E-state index in [0.717, 1.165) is 6.07 Å². The third-order valence-electron chi connectivity index (χ3n) is 2.36. The Balaban J connectivity index is 2.08. The molecule has 0 saturated heterocycles. The maximum absolute atomic E-state index is 13.5. The van der Waals surface area contributed by atoms with Crippen molar-refractivity contribution in [1.82, 2.24) is 0 Å². The number of rotatable bonds is 3. The molecule has 2 rings (SSSR count). The van der Waals surface area contributed by atoms with Gasteiger partial charge in [0.25, 0.3) is 0 Å². The number of alkyl halides is 3. The number of ether oxygens (including phenoxy) is 2. The van der Waals surface area contributed by atoms with Gasteiger partial charge in [-0.3, -0.25) is 5.32 Å². The molecule has 0 spiro atoms. The van der Waals surface area contributed by atoms with E-state index in [-0.39, 0.29) is 0 Å². The van der Waals surface area contributed by atoms with E-state index >= 15 is 0 Å². The van der Waals surface area contributed by atoms with Gasteiger partial charge in [0, 0.05) is 11.8 Å². The van der Waals surface area contributed by atoms with E-state index in [9.17, 15) is 22.4 Å². The number of amides is 1. The van der Waals surface area contributed by atoms with Gasteiger partial charge in [-0.1, -0.05) is 18.2 Å². The highest BCUT2D eigenvalue weighted by atomic mass is 19.4. The molecule has 4 nitrogen and oxygen atoms in total. The number of hydrogen-bond acceptors (Lipinski definition) is 3. The van der Waals surface area contributed by atoms with Crippen molar-refractivity contribution < 1.29 is 31.8 Å². The van der Waals surface area contributed by atoms with Crippen LogP contribution in [-0.2, 0) is 0 Å². The molecule has 0 bridgehead atoms. The van der Waals surface area contributed by atoms with Crippen LogP contribution >= 0.6 is 0 Å². The van der Waals surface area contributed by atoms with Gasteiger partial charge in [-0.25, -0.2) is 9.18 Å². The fraction of sp³-hybridized carbons (Fsp3) is 0.0714. The summed E-state index contributed by atoms with van der Waals surface area (Å²) in [6.07, 6.45) is -5.98. The van der Waals surface area contributed by atoms with Gasteiger partial charge >= 0.3 is 12.5 Å². The zero-order valence-corrected chi connectivity index (χ0v) is 10.9. The van der Waals surface area contributed by atoms with E-state index in [2.05, 4.69) is 14.8 Å². The van der Waals surface area contributed by atoms with Crippen LogP contribution in [0.25, 0.3) is 0 Å². The number of anilines is 1. The molecule has 116 valence electrons. The lowest BCUT2D eigenvalue weighted by Gasteiger charge is -2.11. The molecule has 0 unspecified atom stereocenters. The zero-order valence-electron chi connectivity index (χ0n) is 10.9. The van der Waals surface area contributed by atoms with Gasteiger partial charge in [-0.15, -0.1) is 13.2 Å². The molecule has 0 aliphatic rings. The van der Waals surface area contributed by atoms with Crippen LogP contribution in [0.5, 0.6) is 11.5 Å². The smallest absolute Gasteiger partial charge is 0.407 e. The molecule has 2 aromatic rings. The number of nitrogens with one attached hydrogen (secondary N) is 1. The van der Waals surface area contributed by atoms with Crippen molar-refractivity contribution in [2.45, 2.75) is 6.36 Å². The molecular weight excluding hydrogens is 306 g/mol. The number of benzene rings is 2. The normalized spacial score (nSPS) is 10.9. The van der Waals surface area contributed by atoms with Crippen LogP contribution in [-0.4, -0.2) is 12.5 Å². The van der Waals surface area contributed by atoms with Crippen molar-refractivity contribution in [2.75, 3.05) is 5.32 Å². The van der Waals surface area contributed by atoms with Crippen molar-refractivity contribution in [1.29, 1.82) is 0 Å². The average Bonchev–Trinajstić information content (AvgIpc) is 2.42. The van der Waals surface area contributed by atoms with E-state index in [1.165, 1.54) is 0 Å². The van der Waals surface area contributed by atoms with E-state index in [0.29, 0.717) is 17.8 Å². The molecule has 0 atom stereocenters. The third-order valence-corrected chi connectivity index (χ3v) is 2.36. The Kier molecular flexibility index (Phi) is 4.50. The second-order valence-electron chi connectivity index (χ2n) is 4.02. The van der Waals surface area contributed by atoms with Crippen LogP contribution in [0, 0.1) is 5.82 Å². The molecule has 0 aliphatic carbocycles. The first kappa shape index (κ1) is 15.6. The molecular formula is C14H9F4NO3. The first-order chi connectivity index (χ1) is 10.3. The van der Waals surface area contributed by atoms with E-state index in [1.807, 2.05) is 0 Å². The number of carbonyl (C=O) groups is 1. The largest absolute Gasteiger partial charge is 0.573 e. The lowest BCUT2D eigenvalue weighted by molar-refractivity contribution is -0.274. The standard InChI is InChI=1S/C14H9F4NO3/c15-11-7-6-10(22-14(16,17)18)8-12(11)21-13(20)19-9-4-2-1-3-5-9/h1-8H,(H,19,20). The van der Waals surface area contributed by atoms with Gasteiger partial charge in [0.05, 0.1) is 0 Å². The lowest BCUT2D eigenvalue weighted by Crippen LogP contribution is -2.19. The minimum Gasteiger partial charge on any atom is -0.407 e. The quantitative estimate of drug-likeness (QED) is 0.857. The SMILES string of the molecule is O=C(Nc1ccccc1)Oc1cc(OC(F)(F)F)ccc1F. The molecule has 0 saturated carbocycles. The van der Waals surface area contributed by atoms with Crippen LogP contribution < -0.4 is 14.8 Å². The first-order valence-electron chi connectivity index (χ1n) is 5.93. The van der Waals surface area contributed by atoms with Crippen molar-refractivity contribution in [3.05, 3.63) is 54.3 Å². The Bertz CT molecular complexity index is 659. The fourth-order valence-corrected chi connectivity index (χ4v) is 1.52. The Hall–Kier alpha value is -2.77. The summed E-state index contributed by atoms with van der Waals surface area (Å²) in [5.74, 6) is -2.38. The van der Waals surface area contributed by atoms with Gasteiger partial charge in [0.15, 0.2) is 11.6 Å². The molecule has 1 amide bonds. The summed E-state index contributed by atoms with van der Waals surface area (Å²) in [6.45, 7) is 0. The molecule has 2 aromatic carbocycles. The summed E-state index contributed by atoms with van der Waals surface area (Å²) in [5.41, 5.74) is 0.385. The van der Waals surface area contributed by atoms with E-state index in [1.54, 1.807) is 30.3 Å². The third kappa shape index (κ3) is 4.65. The van der Waals surface area contributed by atoms with Crippen molar-refractivity contribution in [3.63, 3.8) is 0 Å². The summed E-state index contributed by atoms with van der Waals surface area (Å²) in [6, 6.07) is 10.2. The van der Waals surface area contributed by atoms with Crippen LogP contribution in [0.1, 0.15) is 0 Å². The average molecular weight is 315 g/mol. The highest BCUT2D eigenvalue weighted by Crippen LogP contribution is 2.28. The fourth-order valence-electron chi connectivity index (χ4n) is 1.52. The summed E-state index contributed by atoms with van der Waals surface area (Å²) in [5, 5.41) is 2.29. The van der Waals surface area contributed by atoms with E-state index in [4.69, 9.17) is 0 Å². The van der Waals surface area contributed by atoms with E-state index < -0.39 is 29.8 Å². The first-order valence-corrected chi connectivity index (χ1v) is 5.93. The Morgan fingerprint density at radius 3 is 2.36 bits per heavy atom. The molecule has 1 N–H and O–H groups in total. The topological polar surface area (TPSA) is 47.6 Å². The predicted octanol–water partition coefficient (Wildman–Crippen LogP) is 4.34. The van der Waals surface area contributed by atoms with Crippen LogP contribution in [0.15, 0.2) is 48.5 Å². The molecule has 0 fully saturated rings. The van der Waals surface area contributed by atoms with Crippen LogP contribution in [0.2, 0.25) is 0 Å². The van der Waals surface area contributed by atoms with Gasteiger partial charge < -0.3 is 9.47 Å². The Labute approximate surface area is 122 Å². The number of para-hydroxylation sites is 1. The lowest BCUT2D eigenvalue weighted by atomic mass is 10.3. The summed E-state index contributed by atoms with van der Waals surface area (Å²) < 4.78 is 58.0. The number of halogens is 4. The second-order valence-corrected chi connectivity index (χ2v) is 4.02. The highest BCUT2D eigenvalue weighted by Gasteiger charge is 2.31. The Morgan fingerprint density at radius 1 is 1.05 bits per heavy atom. The van der Waals surface area contributed by atoms with Crippen molar-refractivity contribution in [2.24, 2.45) is 0 Å². The molecule has 0 aliphatic heterocycles. The number of carbonyl (C=O) groups excluding carboxylic acids is 1. The van der Waals surface area contributed by atoms with Crippen LogP contribution in [0.4, 0.5) is 28.0 Å². The second kappa shape index (κ2) is 6.33. The van der Waals surface area contributed by atoms with Gasteiger partial charge in [-0.05, 0) is 24.3 Å². The van der Waals surface area contributed by atoms with Crippen molar-refractivity contribution >= 4 is 11.8 Å². The molecule has 0 aromatic heterocycles. The number of hydrogen-bond donors (Lipinski definition) is 1. The highest BCUT2D eigenvalue weighted by molar-refractivity contribution is 5.86. The zero-order chi connectivity index (χ0) is 16.2. The Morgan fingerprint density at radius 2 is 1.73 bits per heavy atom. The summed E-state index contributed by atoms with van der Waals surface area (Å²) in [7, 11) is 0. The van der Waals surface area contributed by atoms with Crippen molar-refractivity contribution in [3.8, 4) is 11.5 Å². The predicted molar refractivity (Wildman–Crippen MR) is 69.2 cm³/mol. The van der Waals surface area contributed by atoms with Gasteiger partial charge in [-0.2, -0.15) is 0 Å². The monoisotopic (exact) mass is 315 g/mol. The van der Waals surface area contributed by atoms with Gasteiger partial charge in [0.2, 0.25) is 0 Å². The maximum Gasteiger partial charge on any atom is 0.573 e. The molecule has 8 heteroatoms. The maximum atomic E-state index is 13.5.